The number of hydrogen-bond acceptors (Lipinski definition) is 5. The zero-order valence-corrected chi connectivity index (χ0v) is 18.6. The van der Waals surface area contributed by atoms with Gasteiger partial charge in [0.1, 0.15) is 6.10 Å². The number of rotatable bonds is 10. The maximum atomic E-state index is 12.5. The van der Waals surface area contributed by atoms with E-state index in [9.17, 15) is 9.59 Å². The number of benzene rings is 2. The maximum Gasteiger partial charge on any atom is 0.411 e. The van der Waals surface area contributed by atoms with Gasteiger partial charge in [-0.1, -0.05) is 48.5 Å². The van der Waals surface area contributed by atoms with Crippen LogP contribution in [-0.2, 0) is 9.53 Å². The molecule has 3 rings (SSSR count). The van der Waals surface area contributed by atoms with Gasteiger partial charge in [-0.05, 0) is 43.9 Å². The number of unbranched alkanes of at least 4 members (excludes halogenated alkanes) is 1. The summed E-state index contributed by atoms with van der Waals surface area (Å²) in [5.41, 5.74) is 8.19. The standard InChI is InChI=1S/C25H34N4O3/c26-15-6-7-16-27-24(30)14-19-29-17-12-21(13-18-29)32-25(31)28-23-11-5-4-10-22(23)20-8-2-1-3-9-20/h1-5,8-11,21H,6-7,12-19,26H2,(H,27,30)(H,28,31). The number of nitrogens with zero attached hydrogens (tertiary/aromatic N) is 1. The van der Waals surface area contributed by atoms with E-state index in [-0.39, 0.29) is 12.0 Å². The third-order valence-corrected chi connectivity index (χ3v) is 5.67. The number of ether oxygens (including phenoxy) is 1. The van der Waals surface area contributed by atoms with Gasteiger partial charge in [-0.3, -0.25) is 10.1 Å². The zero-order valence-electron chi connectivity index (χ0n) is 18.6. The molecule has 1 saturated heterocycles. The van der Waals surface area contributed by atoms with Crippen molar-refractivity contribution in [3.8, 4) is 11.1 Å². The Morgan fingerprint density at radius 1 is 1.00 bits per heavy atom. The Kier molecular flexibility index (Phi) is 9.53. The predicted molar refractivity (Wildman–Crippen MR) is 127 cm³/mol. The van der Waals surface area contributed by atoms with Crippen molar-refractivity contribution >= 4 is 17.7 Å². The normalized spacial score (nSPS) is 14.7. The minimum Gasteiger partial charge on any atom is -0.446 e. The van der Waals surface area contributed by atoms with Crippen LogP contribution in [0.3, 0.4) is 0 Å². The first kappa shape index (κ1) is 23.8. The molecule has 2 aromatic carbocycles. The van der Waals surface area contributed by atoms with Gasteiger partial charge in [-0.25, -0.2) is 4.79 Å². The van der Waals surface area contributed by atoms with Gasteiger partial charge in [-0.2, -0.15) is 0 Å². The number of piperidine rings is 1. The molecule has 0 aliphatic carbocycles. The molecule has 2 amide bonds. The molecule has 0 saturated carbocycles. The molecule has 32 heavy (non-hydrogen) atoms. The monoisotopic (exact) mass is 438 g/mol. The second-order valence-electron chi connectivity index (χ2n) is 8.08. The van der Waals surface area contributed by atoms with Gasteiger partial charge < -0.3 is 20.7 Å². The molecule has 1 heterocycles. The highest BCUT2D eigenvalue weighted by molar-refractivity contribution is 5.91. The number of amides is 2. The Balaban J connectivity index is 1.39. The summed E-state index contributed by atoms with van der Waals surface area (Å²) in [6.45, 7) is 3.71. The first-order valence-corrected chi connectivity index (χ1v) is 11.5. The summed E-state index contributed by atoms with van der Waals surface area (Å²) in [5.74, 6) is 0.0804. The molecule has 0 radical (unpaired) electrons. The Morgan fingerprint density at radius 2 is 1.72 bits per heavy atom. The molecule has 0 spiro atoms. The highest BCUT2D eigenvalue weighted by Gasteiger charge is 2.23. The molecule has 4 N–H and O–H groups in total. The first-order chi connectivity index (χ1) is 15.7. The van der Waals surface area contributed by atoms with Gasteiger partial charge >= 0.3 is 6.09 Å². The zero-order chi connectivity index (χ0) is 22.6. The summed E-state index contributed by atoms with van der Waals surface area (Å²) in [7, 11) is 0. The number of anilines is 1. The lowest BCUT2D eigenvalue weighted by molar-refractivity contribution is -0.121. The molecular formula is C25H34N4O3. The molecule has 1 aliphatic rings. The summed E-state index contributed by atoms with van der Waals surface area (Å²) in [4.78, 5) is 26.7. The van der Waals surface area contributed by atoms with E-state index < -0.39 is 6.09 Å². The number of likely N-dealkylation sites (tertiary alicyclic amines) is 1. The lowest BCUT2D eigenvalue weighted by Crippen LogP contribution is -2.40. The van der Waals surface area contributed by atoms with Crippen LogP contribution >= 0.6 is 0 Å². The summed E-state index contributed by atoms with van der Waals surface area (Å²) >= 11 is 0. The fraction of sp³-hybridized carbons (Fsp3) is 0.440. The lowest BCUT2D eigenvalue weighted by atomic mass is 10.0. The molecule has 0 atom stereocenters. The Labute approximate surface area is 190 Å². The van der Waals surface area contributed by atoms with Crippen LogP contribution in [0.25, 0.3) is 11.1 Å². The van der Waals surface area contributed by atoms with Crippen LogP contribution in [0, 0.1) is 0 Å². The second kappa shape index (κ2) is 12.8. The van der Waals surface area contributed by atoms with Crippen molar-refractivity contribution in [1.29, 1.82) is 0 Å². The molecule has 7 heteroatoms. The highest BCUT2D eigenvalue weighted by Crippen LogP contribution is 2.28. The van der Waals surface area contributed by atoms with Crippen molar-refractivity contribution in [2.75, 3.05) is 38.0 Å². The number of hydrogen-bond donors (Lipinski definition) is 3. The van der Waals surface area contributed by atoms with E-state index in [4.69, 9.17) is 10.5 Å². The maximum absolute atomic E-state index is 12.5. The fourth-order valence-corrected chi connectivity index (χ4v) is 3.85. The van der Waals surface area contributed by atoms with Crippen LogP contribution < -0.4 is 16.4 Å². The van der Waals surface area contributed by atoms with E-state index in [1.54, 1.807) is 0 Å². The number of nitrogens with one attached hydrogen (secondary N) is 2. The molecule has 1 fully saturated rings. The summed E-state index contributed by atoms with van der Waals surface area (Å²) in [6, 6.07) is 17.7. The minimum absolute atomic E-state index is 0.0804. The van der Waals surface area contributed by atoms with Gasteiger partial charge in [0.15, 0.2) is 0 Å². The number of carbonyl (C=O) groups is 2. The van der Waals surface area contributed by atoms with Crippen molar-refractivity contribution in [3.05, 3.63) is 54.6 Å². The summed E-state index contributed by atoms with van der Waals surface area (Å²) in [6.07, 6.45) is 3.34. The predicted octanol–water partition coefficient (Wildman–Crippen LogP) is 3.61. The van der Waals surface area contributed by atoms with Gasteiger partial charge in [-0.15, -0.1) is 0 Å². The van der Waals surface area contributed by atoms with Crippen LogP contribution in [0.2, 0.25) is 0 Å². The van der Waals surface area contributed by atoms with E-state index >= 15 is 0 Å². The quantitative estimate of drug-likeness (QED) is 0.493. The Bertz CT molecular complexity index is 851. The average molecular weight is 439 g/mol. The number of para-hydroxylation sites is 1. The molecule has 7 nitrogen and oxygen atoms in total. The number of nitrogens with two attached hydrogens (primary N) is 1. The topological polar surface area (TPSA) is 96.7 Å². The van der Waals surface area contributed by atoms with Gasteiger partial charge in [0.05, 0.1) is 5.69 Å². The van der Waals surface area contributed by atoms with E-state index in [1.165, 1.54) is 0 Å². The third-order valence-electron chi connectivity index (χ3n) is 5.67. The third kappa shape index (κ3) is 7.66. The highest BCUT2D eigenvalue weighted by atomic mass is 16.6. The van der Waals surface area contributed by atoms with Gasteiger partial charge in [0, 0.05) is 38.2 Å². The van der Waals surface area contributed by atoms with Crippen molar-refractivity contribution in [2.24, 2.45) is 5.73 Å². The van der Waals surface area contributed by atoms with E-state index in [2.05, 4.69) is 15.5 Å². The summed E-state index contributed by atoms with van der Waals surface area (Å²) < 4.78 is 5.67. The van der Waals surface area contributed by atoms with Crippen molar-refractivity contribution in [2.45, 2.75) is 38.2 Å². The fourth-order valence-electron chi connectivity index (χ4n) is 3.85. The minimum atomic E-state index is -0.427. The molecule has 0 unspecified atom stereocenters. The van der Waals surface area contributed by atoms with Crippen molar-refractivity contribution in [3.63, 3.8) is 0 Å². The second-order valence-corrected chi connectivity index (χ2v) is 8.08. The smallest absolute Gasteiger partial charge is 0.411 e. The summed E-state index contributed by atoms with van der Waals surface area (Å²) in [5, 5.41) is 5.83. The average Bonchev–Trinajstić information content (AvgIpc) is 2.82. The molecule has 1 aliphatic heterocycles. The largest absolute Gasteiger partial charge is 0.446 e. The molecular weight excluding hydrogens is 404 g/mol. The van der Waals surface area contributed by atoms with Crippen LogP contribution in [0.15, 0.2) is 54.6 Å². The Morgan fingerprint density at radius 3 is 2.47 bits per heavy atom. The lowest BCUT2D eigenvalue weighted by Gasteiger charge is -2.31. The van der Waals surface area contributed by atoms with Crippen molar-refractivity contribution < 1.29 is 14.3 Å². The van der Waals surface area contributed by atoms with Crippen LogP contribution in [-0.4, -0.2) is 55.7 Å². The van der Waals surface area contributed by atoms with Gasteiger partial charge in [0.2, 0.25) is 5.91 Å². The van der Waals surface area contributed by atoms with Crippen LogP contribution in [0.4, 0.5) is 10.5 Å². The van der Waals surface area contributed by atoms with Crippen LogP contribution in [0.5, 0.6) is 0 Å². The molecule has 172 valence electrons. The first-order valence-electron chi connectivity index (χ1n) is 11.5. The van der Waals surface area contributed by atoms with Gasteiger partial charge in [0.25, 0.3) is 0 Å². The molecule has 0 aromatic heterocycles. The van der Waals surface area contributed by atoms with E-state index in [1.807, 2.05) is 54.6 Å². The van der Waals surface area contributed by atoms with E-state index in [0.717, 1.165) is 62.1 Å². The van der Waals surface area contributed by atoms with Crippen molar-refractivity contribution in [1.82, 2.24) is 10.2 Å². The number of carbonyl (C=O) groups excluding carboxylic acids is 2. The Hall–Kier alpha value is -2.90. The van der Waals surface area contributed by atoms with E-state index in [0.29, 0.717) is 19.5 Å². The SMILES string of the molecule is NCCCCNC(=O)CCN1CCC(OC(=O)Nc2ccccc2-c2ccccc2)CC1. The molecule has 0 bridgehead atoms. The molecule has 2 aromatic rings. The van der Waals surface area contributed by atoms with Crippen LogP contribution in [0.1, 0.15) is 32.1 Å².